The Morgan fingerprint density at radius 2 is 2.00 bits per heavy atom. The summed E-state index contributed by atoms with van der Waals surface area (Å²) in [7, 11) is 0. The molecule has 0 aromatic heterocycles. The van der Waals surface area contributed by atoms with Crippen LogP contribution in [0.4, 0.5) is 0 Å². The summed E-state index contributed by atoms with van der Waals surface area (Å²) >= 11 is 0. The van der Waals surface area contributed by atoms with Crippen LogP contribution in [0.25, 0.3) is 0 Å². The number of carbonyl (C=O) groups excluding carboxylic acids is 2. The minimum atomic E-state index is -0.399. The molecule has 1 aliphatic heterocycles. The first-order valence-electron chi connectivity index (χ1n) is 7.86. The fourth-order valence-corrected chi connectivity index (χ4v) is 2.18. The van der Waals surface area contributed by atoms with Gasteiger partial charge in [0.15, 0.2) is 6.23 Å². The third-order valence-electron chi connectivity index (χ3n) is 3.37. The van der Waals surface area contributed by atoms with E-state index in [0.717, 1.165) is 19.3 Å². The molecule has 4 heteroatoms. The van der Waals surface area contributed by atoms with Crippen LogP contribution in [-0.2, 0) is 14.3 Å². The number of ether oxygens (including phenoxy) is 1. The topological polar surface area (TPSA) is 55.4 Å². The van der Waals surface area contributed by atoms with Crippen molar-refractivity contribution in [2.45, 2.75) is 77.4 Å². The molecular formula is C16H27NO3. The Morgan fingerprint density at radius 1 is 1.25 bits per heavy atom. The van der Waals surface area contributed by atoms with E-state index in [-0.39, 0.29) is 11.9 Å². The maximum Gasteiger partial charge on any atom is 0.307 e. The van der Waals surface area contributed by atoms with Crippen molar-refractivity contribution in [1.82, 2.24) is 5.32 Å². The van der Waals surface area contributed by atoms with Gasteiger partial charge in [-0.05, 0) is 25.7 Å². The van der Waals surface area contributed by atoms with E-state index >= 15 is 0 Å². The molecule has 0 bridgehead atoms. The molecule has 1 N–H and O–H groups in total. The van der Waals surface area contributed by atoms with E-state index in [1.165, 1.54) is 25.7 Å². The molecule has 0 unspecified atom stereocenters. The van der Waals surface area contributed by atoms with Crippen molar-refractivity contribution in [3.63, 3.8) is 0 Å². The monoisotopic (exact) mass is 281 g/mol. The number of rotatable bonds is 10. The minimum absolute atomic E-state index is 0.0268. The third kappa shape index (κ3) is 7.97. The Kier molecular flexibility index (Phi) is 8.76. The van der Waals surface area contributed by atoms with E-state index in [0.29, 0.717) is 19.3 Å². The van der Waals surface area contributed by atoms with Crippen molar-refractivity contribution in [2.24, 2.45) is 0 Å². The second kappa shape index (κ2) is 10.5. The summed E-state index contributed by atoms with van der Waals surface area (Å²) in [6.07, 6.45) is 13.6. The minimum Gasteiger partial charge on any atom is -0.442 e. The van der Waals surface area contributed by atoms with Gasteiger partial charge in [-0.15, -0.1) is 0 Å². The largest absolute Gasteiger partial charge is 0.442 e. The van der Waals surface area contributed by atoms with Gasteiger partial charge in [0.2, 0.25) is 5.91 Å². The molecule has 1 heterocycles. The Bertz CT molecular complexity index is 326. The lowest BCUT2D eigenvalue weighted by Crippen LogP contribution is -2.34. The van der Waals surface area contributed by atoms with Gasteiger partial charge in [-0.25, -0.2) is 0 Å². The van der Waals surface area contributed by atoms with Crippen LogP contribution in [0.15, 0.2) is 12.2 Å². The van der Waals surface area contributed by atoms with Crippen molar-refractivity contribution < 1.29 is 14.3 Å². The molecule has 1 atom stereocenters. The first-order chi connectivity index (χ1) is 9.72. The molecule has 0 radical (unpaired) electrons. The molecule has 1 aliphatic rings. The van der Waals surface area contributed by atoms with Gasteiger partial charge in [0, 0.05) is 12.8 Å². The number of allylic oxidation sites excluding steroid dienone is 2. The molecule has 0 spiro atoms. The van der Waals surface area contributed by atoms with E-state index in [4.69, 9.17) is 4.74 Å². The molecule has 114 valence electrons. The number of nitrogens with one attached hydrogen (secondary N) is 1. The van der Waals surface area contributed by atoms with Gasteiger partial charge in [0.25, 0.3) is 0 Å². The third-order valence-corrected chi connectivity index (χ3v) is 3.37. The number of hydrogen-bond acceptors (Lipinski definition) is 3. The Balaban J connectivity index is 1.93. The standard InChI is InChI=1S/C16H27NO3/c1-2-3-4-5-6-7-8-9-10-11-14(18)17-15-12-13-16(19)20-15/h7-8,15H,2-6,9-13H2,1H3,(H,17,18)/b8-7-/t15-/m1/s1. The van der Waals surface area contributed by atoms with Crippen LogP contribution in [0, 0.1) is 0 Å². The highest BCUT2D eigenvalue weighted by Crippen LogP contribution is 2.11. The zero-order chi connectivity index (χ0) is 14.6. The maximum atomic E-state index is 11.6. The lowest BCUT2D eigenvalue weighted by atomic mass is 10.1. The van der Waals surface area contributed by atoms with Crippen LogP contribution < -0.4 is 5.32 Å². The lowest BCUT2D eigenvalue weighted by Gasteiger charge is -2.10. The van der Waals surface area contributed by atoms with E-state index < -0.39 is 6.23 Å². The van der Waals surface area contributed by atoms with Gasteiger partial charge in [-0.3, -0.25) is 9.59 Å². The smallest absolute Gasteiger partial charge is 0.307 e. The van der Waals surface area contributed by atoms with Crippen LogP contribution in [-0.4, -0.2) is 18.1 Å². The summed E-state index contributed by atoms with van der Waals surface area (Å²) in [5.74, 6) is -0.248. The highest BCUT2D eigenvalue weighted by Gasteiger charge is 2.24. The van der Waals surface area contributed by atoms with Gasteiger partial charge in [0.05, 0.1) is 6.42 Å². The molecule has 1 saturated heterocycles. The SMILES string of the molecule is CCCCCC/C=C\CCCC(=O)N[C@H]1CCC(=O)O1. The fourth-order valence-electron chi connectivity index (χ4n) is 2.18. The summed E-state index contributed by atoms with van der Waals surface area (Å²) in [5, 5.41) is 2.73. The van der Waals surface area contributed by atoms with Crippen LogP contribution in [0.1, 0.15) is 71.1 Å². The summed E-state index contributed by atoms with van der Waals surface area (Å²) in [6, 6.07) is 0. The highest BCUT2D eigenvalue weighted by molar-refractivity contribution is 5.77. The Morgan fingerprint density at radius 3 is 2.65 bits per heavy atom. The van der Waals surface area contributed by atoms with Gasteiger partial charge < -0.3 is 10.1 Å². The van der Waals surface area contributed by atoms with Gasteiger partial charge in [-0.1, -0.05) is 38.3 Å². The van der Waals surface area contributed by atoms with Crippen LogP contribution in [0.5, 0.6) is 0 Å². The van der Waals surface area contributed by atoms with E-state index in [1.807, 2.05) is 0 Å². The second-order valence-electron chi connectivity index (χ2n) is 5.30. The van der Waals surface area contributed by atoms with Crippen LogP contribution in [0.3, 0.4) is 0 Å². The number of carbonyl (C=O) groups is 2. The van der Waals surface area contributed by atoms with Crippen LogP contribution in [0.2, 0.25) is 0 Å². The lowest BCUT2D eigenvalue weighted by molar-refractivity contribution is -0.143. The number of esters is 1. The maximum absolute atomic E-state index is 11.6. The van der Waals surface area contributed by atoms with Crippen molar-refractivity contribution in [3.05, 3.63) is 12.2 Å². The molecule has 1 fully saturated rings. The normalized spacial score (nSPS) is 18.4. The molecule has 0 aromatic carbocycles. The predicted molar refractivity (Wildman–Crippen MR) is 79.0 cm³/mol. The molecule has 0 saturated carbocycles. The van der Waals surface area contributed by atoms with Gasteiger partial charge in [-0.2, -0.15) is 0 Å². The molecule has 1 rings (SSSR count). The van der Waals surface area contributed by atoms with E-state index in [1.54, 1.807) is 0 Å². The fraction of sp³-hybridized carbons (Fsp3) is 0.750. The Hall–Kier alpha value is -1.32. The Labute approximate surface area is 122 Å². The second-order valence-corrected chi connectivity index (χ2v) is 5.30. The quantitative estimate of drug-likeness (QED) is 0.379. The van der Waals surface area contributed by atoms with Gasteiger partial charge >= 0.3 is 5.97 Å². The molecule has 4 nitrogen and oxygen atoms in total. The number of unbranched alkanes of at least 4 members (excludes halogenated alkanes) is 5. The molecule has 0 aromatic rings. The summed E-state index contributed by atoms with van der Waals surface area (Å²) < 4.78 is 4.94. The van der Waals surface area contributed by atoms with Crippen LogP contribution >= 0.6 is 0 Å². The van der Waals surface area contributed by atoms with E-state index in [9.17, 15) is 9.59 Å². The summed E-state index contributed by atoms with van der Waals surface area (Å²) in [6.45, 7) is 2.22. The van der Waals surface area contributed by atoms with Crippen molar-refractivity contribution in [2.75, 3.05) is 0 Å². The first-order valence-corrected chi connectivity index (χ1v) is 7.86. The summed E-state index contributed by atoms with van der Waals surface area (Å²) in [4.78, 5) is 22.5. The van der Waals surface area contributed by atoms with Crippen molar-refractivity contribution in [1.29, 1.82) is 0 Å². The predicted octanol–water partition coefficient (Wildman–Crippen LogP) is 3.46. The zero-order valence-electron chi connectivity index (χ0n) is 12.5. The number of hydrogen-bond donors (Lipinski definition) is 1. The average molecular weight is 281 g/mol. The highest BCUT2D eigenvalue weighted by atomic mass is 16.6. The average Bonchev–Trinajstić information content (AvgIpc) is 2.82. The van der Waals surface area contributed by atoms with E-state index in [2.05, 4.69) is 24.4 Å². The summed E-state index contributed by atoms with van der Waals surface area (Å²) in [5.41, 5.74) is 0. The molecular weight excluding hydrogens is 254 g/mol. The first kappa shape index (κ1) is 16.7. The zero-order valence-corrected chi connectivity index (χ0v) is 12.5. The number of cyclic esters (lactones) is 1. The van der Waals surface area contributed by atoms with Crippen molar-refractivity contribution in [3.8, 4) is 0 Å². The number of amides is 1. The molecule has 1 amide bonds. The van der Waals surface area contributed by atoms with Gasteiger partial charge in [0.1, 0.15) is 0 Å². The molecule has 20 heavy (non-hydrogen) atoms. The van der Waals surface area contributed by atoms with Crippen molar-refractivity contribution >= 4 is 11.9 Å². The molecule has 0 aliphatic carbocycles.